The van der Waals surface area contributed by atoms with Gasteiger partial charge in [-0.25, -0.2) is 0 Å². The quantitative estimate of drug-likeness (QED) is 0.162. The van der Waals surface area contributed by atoms with Crippen LogP contribution in [0, 0.1) is 51.2 Å². The van der Waals surface area contributed by atoms with E-state index in [9.17, 15) is 50.8 Å². The zero-order chi connectivity index (χ0) is 35.9. The number of hydrogen-bond donors (Lipinski definition) is 9. The van der Waals surface area contributed by atoms with Crippen molar-refractivity contribution in [2.45, 2.75) is 161 Å². The van der Waals surface area contributed by atoms with Crippen molar-refractivity contribution in [2.24, 2.45) is 51.2 Å². The zero-order valence-corrected chi connectivity index (χ0v) is 29.7. The Morgan fingerprint density at radius 2 is 1.50 bits per heavy atom. The average Bonchev–Trinajstić information content (AvgIpc) is 3.30. The standard InChI is InChI=1S/C36H62O12/c1-17(14-21(38)29(44)32(2,3)46)18-10-12-34(5)19-8-9-23-35(6,20(19)11-13-33(18,34)4)24(39)15-25(40)36(23,7)31(45)48-30-28(43)27(42)26(41)22(16-37)47-30/h17-30,37-44,46H,8-16H2,1-7H3/t17-,18+,19+,20-,21-,22+,23-,24-,25+,26+,27-,28+,29-,30-,33+,34-,35+,36+/m1/s1. The first kappa shape index (κ1) is 38.3. The van der Waals surface area contributed by atoms with Crippen LogP contribution in [0.25, 0.3) is 0 Å². The van der Waals surface area contributed by atoms with Crippen LogP contribution in [0.4, 0.5) is 0 Å². The van der Waals surface area contributed by atoms with Gasteiger partial charge in [0.15, 0.2) is 0 Å². The van der Waals surface area contributed by atoms with Crippen LogP contribution in [0.2, 0.25) is 0 Å². The van der Waals surface area contributed by atoms with E-state index in [4.69, 9.17) is 9.47 Å². The van der Waals surface area contributed by atoms with Crippen LogP contribution in [0.3, 0.4) is 0 Å². The van der Waals surface area contributed by atoms with Crippen molar-refractivity contribution in [3.05, 3.63) is 0 Å². The summed E-state index contributed by atoms with van der Waals surface area (Å²) in [5, 5.41) is 95.6. The lowest BCUT2D eigenvalue weighted by atomic mass is 9.37. The van der Waals surface area contributed by atoms with Gasteiger partial charge in [-0.15, -0.1) is 0 Å². The maximum Gasteiger partial charge on any atom is 0.317 e. The van der Waals surface area contributed by atoms with E-state index in [1.165, 1.54) is 13.8 Å². The molecule has 48 heavy (non-hydrogen) atoms. The highest BCUT2D eigenvalue weighted by molar-refractivity contribution is 5.78. The highest BCUT2D eigenvalue weighted by Crippen LogP contribution is 2.74. The van der Waals surface area contributed by atoms with Gasteiger partial charge in [-0.05, 0) is 106 Å². The van der Waals surface area contributed by atoms with E-state index >= 15 is 0 Å². The van der Waals surface area contributed by atoms with Crippen molar-refractivity contribution in [3.8, 4) is 0 Å². The molecular weight excluding hydrogens is 624 g/mol. The SMILES string of the molecule is C[C@H](C[C@@H](O)[C@@H](O)C(C)(C)O)[C@@H]1CC[C@]2(C)[C@H]3CC[C@H]4[C@](C)(C(=O)O[C@H]5O[C@@H](CO)[C@H](O)[C@@H](O)[C@@H]5O)[C@@H](O)C[C@@H](O)[C@@]4(C)[C@@H]3CC[C@@]12C. The van der Waals surface area contributed by atoms with E-state index in [1.54, 1.807) is 6.92 Å². The van der Waals surface area contributed by atoms with Crippen molar-refractivity contribution in [1.82, 2.24) is 0 Å². The molecule has 1 saturated heterocycles. The highest BCUT2D eigenvalue weighted by atomic mass is 16.7. The number of aliphatic hydroxyl groups excluding tert-OH is 8. The highest BCUT2D eigenvalue weighted by Gasteiger charge is 2.71. The molecule has 5 aliphatic rings. The molecule has 9 N–H and O–H groups in total. The third-order valence-corrected chi connectivity index (χ3v) is 15.2. The lowest BCUT2D eigenvalue weighted by Gasteiger charge is -2.68. The van der Waals surface area contributed by atoms with E-state index in [0.717, 1.165) is 32.1 Å². The summed E-state index contributed by atoms with van der Waals surface area (Å²) in [5.41, 5.74) is -3.79. The number of carbonyl (C=O) groups is 1. The van der Waals surface area contributed by atoms with E-state index in [1.807, 2.05) is 6.92 Å². The summed E-state index contributed by atoms with van der Waals surface area (Å²) >= 11 is 0. The van der Waals surface area contributed by atoms with Crippen LogP contribution < -0.4 is 0 Å². The molecule has 0 spiro atoms. The van der Waals surface area contributed by atoms with Crippen LogP contribution in [-0.4, -0.2) is 119 Å². The number of ether oxygens (including phenoxy) is 2. The van der Waals surface area contributed by atoms with Crippen molar-refractivity contribution in [2.75, 3.05) is 6.61 Å². The maximum absolute atomic E-state index is 14.1. The van der Waals surface area contributed by atoms with Gasteiger partial charge in [0.1, 0.15) is 30.5 Å². The molecule has 278 valence electrons. The fourth-order valence-corrected chi connectivity index (χ4v) is 11.9. The molecule has 1 aliphatic heterocycles. The van der Waals surface area contributed by atoms with E-state index in [0.29, 0.717) is 12.8 Å². The van der Waals surface area contributed by atoms with Gasteiger partial charge in [-0.2, -0.15) is 0 Å². The number of rotatable bonds is 8. The number of aliphatic hydroxyl groups is 9. The molecule has 12 nitrogen and oxygen atoms in total. The molecule has 12 heteroatoms. The van der Waals surface area contributed by atoms with E-state index in [-0.39, 0.29) is 40.9 Å². The van der Waals surface area contributed by atoms with Crippen LogP contribution in [-0.2, 0) is 14.3 Å². The molecule has 0 unspecified atom stereocenters. The third kappa shape index (κ3) is 5.60. The molecule has 4 aliphatic carbocycles. The second kappa shape index (κ2) is 12.9. The fraction of sp³-hybridized carbons (Fsp3) is 0.972. The average molecular weight is 687 g/mol. The van der Waals surface area contributed by atoms with Crippen molar-refractivity contribution < 1.29 is 60.2 Å². The minimum atomic E-state index is -1.77. The summed E-state index contributed by atoms with van der Waals surface area (Å²) in [4.78, 5) is 14.1. The summed E-state index contributed by atoms with van der Waals surface area (Å²) in [7, 11) is 0. The molecule has 0 aromatic rings. The van der Waals surface area contributed by atoms with Gasteiger partial charge in [0.2, 0.25) is 6.29 Å². The first-order valence-electron chi connectivity index (χ1n) is 18.1. The molecule has 0 bridgehead atoms. The van der Waals surface area contributed by atoms with Gasteiger partial charge in [-0.1, -0.05) is 27.7 Å². The number of esters is 1. The van der Waals surface area contributed by atoms with Crippen LogP contribution >= 0.6 is 0 Å². The molecule has 0 amide bonds. The Hall–Kier alpha value is -0.930. The first-order valence-corrected chi connectivity index (χ1v) is 18.1. The third-order valence-electron chi connectivity index (χ3n) is 15.2. The summed E-state index contributed by atoms with van der Waals surface area (Å²) < 4.78 is 11.1. The fourth-order valence-electron chi connectivity index (χ4n) is 11.9. The minimum absolute atomic E-state index is 0.0361. The Morgan fingerprint density at radius 1 is 0.875 bits per heavy atom. The van der Waals surface area contributed by atoms with Crippen molar-refractivity contribution >= 4 is 5.97 Å². The Morgan fingerprint density at radius 3 is 2.10 bits per heavy atom. The molecule has 5 rings (SSSR count). The molecule has 0 radical (unpaired) electrons. The van der Waals surface area contributed by atoms with Crippen molar-refractivity contribution in [1.29, 1.82) is 0 Å². The molecule has 1 heterocycles. The summed E-state index contributed by atoms with van der Waals surface area (Å²) in [6.07, 6.45) is -7.13. The molecule has 18 atom stereocenters. The molecule has 0 aromatic carbocycles. The van der Waals surface area contributed by atoms with Gasteiger partial charge >= 0.3 is 5.97 Å². The van der Waals surface area contributed by atoms with Crippen LogP contribution in [0.15, 0.2) is 0 Å². The lowest BCUT2D eigenvalue weighted by molar-refractivity contribution is -0.303. The van der Waals surface area contributed by atoms with Crippen LogP contribution in [0.5, 0.6) is 0 Å². The monoisotopic (exact) mass is 686 g/mol. The summed E-state index contributed by atoms with van der Waals surface area (Å²) in [6, 6.07) is 0. The predicted molar refractivity (Wildman–Crippen MR) is 173 cm³/mol. The first-order chi connectivity index (χ1) is 22.1. The topological polar surface area (TPSA) is 218 Å². The number of fused-ring (bicyclic) bond motifs is 5. The lowest BCUT2D eigenvalue weighted by Crippen LogP contribution is -2.68. The Kier molecular flexibility index (Phi) is 10.3. The Bertz CT molecular complexity index is 1180. The van der Waals surface area contributed by atoms with Gasteiger partial charge < -0.3 is 55.4 Å². The van der Waals surface area contributed by atoms with Gasteiger partial charge in [-0.3, -0.25) is 4.79 Å². The predicted octanol–water partition coefficient (Wildman–Crippen LogP) is 0.845. The molecule has 4 saturated carbocycles. The maximum atomic E-state index is 14.1. The van der Waals surface area contributed by atoms with Gasteiger partial charge in [0.05, 0.1) is 35.9 Å². The number of carbonyl (C=O) groups excluding carboxylic acids is 1. The smallest absolute Gasteiger partial charge is 0.317 e. The van der Waals surface area contributed by atoms with E-state index in [2.05, 4.69) is 20.8 Å². The Balaban J connectivity index is 1.39. The van der Waals surface area contributed by atoms with E-state index < -0.39 is 90.0 Å². The Labute approximate surface area is 284 Å². The van der Waals surface area contributed by atoms with Crippen LogP contribution in [0.1, 0.15) is 99.8 Å². The molecular formula is C36H62O12. The normalized spacial score (nSPS) is 51.2. The largest absolute Gasteiger partial charge is 0.432 e. The second-order valence-electron chi connectivity index (χ2n) is 17.8. The van der Waals surface area contributed by atoms with Gasteiger partial charge in [0, 0.05) is 11.8 Å². The summed E-state index contributed by atoms with van der Waals surface area (Å²) in [6.45, 7) is 12.9. The second-order valence-corrected chi connectivity index (χ2v) is 17.8. The van der Waals surface area contributed by atoms with Gasteiger partial charge in [0.25, 0.3) is 0 Å². The molecule has 5 fully saturated rings. The minimum Gasteiger partial charge on any atom is -0.432 e. The van der Waals surface area contributed by atoms with Crippen molar-refractivity contribution in [3.63, 3.8) is 0 Å². The number of hydrogen-bond acceptors (Lipinski definition) is 12. The summed E-state index contributed by atoms with van der Waals surface area (Å²) in [5.74, 6) is -0.623. The molecule has 0 aromatic heterocycles. The zero-order valence-electron chi connectivity index (χ0n) is 29.7.